The molecule has 0 spiro atoms. The third-order valence-corrected chi connectivity index (χ3v) is 3.70. The van der Waals surface area contributed by atoms with Gasteiger partial charge in [0.15, 0.2) is 0 Å². The van der Waals surface area contributed by atoms with E-state index in [9.17, 15) is 24.0 Å². The molecule has 156 valence electrons. The van der Waals surface area contributed by atoms with E-state index in [1.165, 1.54) is 42.5 Å². The normalized spacial score (nSPS) is 10.0. The molecule has 0 saturated heterocycles. The number of carboxylic acids is 2. The Morgan fingerprint density at radius 1 is 0.833 bits per heavy atom. The summed E-state index contributed by atoms with van der Waals surface area (Å²) >= 11 is 0. The van der Waals surface area contributed by atoms with Crippen molar-refractivity contribution in [2.75, 3.05) is 11.9 Å². The minimum absolute atomic E-state index is 0.00517. The highest BCUT2D eigenvalue weighted by Gasteiger charge is 2.17. The zero-order chi connectivity index (χ0) is 22.1. The van der Waals surface area contributed by atoms with E-state index in [1.54, 1.807) is 6.07 Å². The Morgan fingerprint density at radius 3 is 2.13 bits per heavy atom. The van der Waals surface area contributed by atoms with Crippen LogP contribution in [0.5, 0.6) is 5.75 Å². The van der Waals surface area contributed by atoms with Gasteiger partial charge in [-0.2, -0.15) is 0 Å². The van der Waals surface area contributed by atoms with E-state index in [2.05, 4.69) is 10.6 Å². The number of amides is 2. The summed E-state index contributed by atoms with van der Waals surface area (Å²) < 4.78 is 5.25. The summed E-state index contributed by atoms with van der Waals surface area (Å²) in [6, 6.07) is 11.5. The zero-order valence-corrected chi connectivity index (χ0v) is 15.6. The van der Waals surface area contributed by atoms with Crippen molar-refractivity contribution < 1.29 is 38.9 Å². The Morgan fingerprint density at radius 2 is 1.50 bits per heavy atom. The number of hydrogen-bond acceptors (Lipinski definition) is 6. The van der Waals surface area contributed by atoms with Gasteiger partial charge in [-0.05, 0) is 36.4 Å². The Hall–Kier alpha value is -4.21. The minimum atomic E-state index is -1.21. The number of hydrogen-bond donors (Lipinski definition) is 4. The lowest BCUT2D eigenvalue weighted by Gasteiger charge is -2.10. The number of carbonyl (C=O) groups excluding carboxylic acids is 3. The predicted molar refractivity (Wildman–Crippen MR) is 103 cm³/mol. The lowest BCUT2D eigenvalue weighted by Crippen LogP contribution is -2.29. The Kier molecular flexibility index (Phi) is 7.63. The Balaban J connectivity index is 2.03. The highest BCUT2D eigenvalue weighted by molar-refractivity contribution is 6.00. The van der Waals surface area contributed by atoms with Gasteiger partial charge in [-0.25, -0.2) is 4.79 Å². The van der Waals surface area contributed by atoms with Crippen molar-refractivity contribution in [3.8, 4) is 5.75 Å². The lowest BCUT2D eigenvalue weighted by atomic mass is 10.1. The first-order valence-electron chi connectivity index (χ1n) is 8.69. The number of carboxylic acid groups (broad SMARTS) is 2. The van der Waals surface area contributed by atoms with Gasteiger partial charge >= 0.3 is 17.9 Å². The smallest absolute Gasteiger partial charge is 0.343 e. The third kappa shape index (κ3) is 6.75. The lowest BCUT2D eigenvalue weighted by molar-refractivity contribution is -0.138. The molecule has 0 unspecified atom stereocenters. The average Bonchev–Trinajstić information content (AvgIpc) is 2.71. The fourth-order valence-electron chi connectivity index (χ4n) is 2.29. The number of para-hydroxylation sites is 1. The van der Waals surface area contributed by atoms with Crippen molar-refractivity contribution in [1.29, 1.82) is 0 Å². The molecule has 0 aliphatic rings. The number of rotatable bonds is 9. The molecular weight excluding hydrogens is 396 g/mol. The first-order valence-corrected chi connectivity index (χ1v) is 8.69. The van der Waals surface area contributed by atoms with Crippen LogP contribution in [0.4, 0.5) is 5.69 Å². The van der Waals surface area contributed by atoms with Gasteiger partial charge in [0.25, 0.3) is 5.91 Å². The summed E-state index contributed by atoms with van der Waals surface area (Å²) in [5.41, 5.74) is 0.504. The van der Waals surface area contributed by atoms with Crippen LogP contribution in [0.25, 0.3) is 0 Å². The molecule has 30 heavy (non-hydrogen) atoms. The second kappa shape index (κ2) is 10.4. The maximum absolute atomic E-state index is 12.4. The van der Waals surface area contributed by atoms with Crippen LogP contribution in [0, 0.1) is 0 Å². The second-order valence-corrected chi connectivity index (χ2v) is 5.98. The van der Waals surface area contributed by atoms with E-state index < -0.39 is 36.3 Å². The molecule has 0 fully saturated rings. The van der Waals surface area contributed by atoms with Gasteiger partial charge < -0.3 is 25.6 Å². The molecule has 2 rings (SSSR count). The van der Waals surface area contributed by atoms with E-state index in [4.69, 9.17) is 14.9 Å². The minimum Gasteiger partial charge on any atom is -0.481 e. The topological polar surface area (TPSA) is 159 Å². The van der Waals surface area contributed by atoms with Crippen LogP contribution in [0.3, 0.4) is 0 Å². The molecule has 2 amide bonds. The van der Waals surface area contributed by atoms with Crippen molar-refractivity contribution in [3.05, 3.63) is 59.7 Å². The van der Waals surface area contributed by atoms with Gasteiger partial charge in [0, 0.05) is 12.1 Å². The maximum atomic E-state index is 12.4. The molecule has 2 aromatic rings. The number of carbonyl (C=O) groups is 5. The molecule has 4 N–H and O–H groups in total. The number of nitrogens with one attached hydrogen (secondary N) is 2. The van der Waals surface area contributed by atoms with E-state index in [-0.39, 0.29) is 29.7 Å². The highest BCUT2D eigenvalue weighted by Crippen LogP contribution is 2.20. The molecule has 10 nitrogen and oxygen atoms in total. The molecule has 0 bridgehead atoms. The predicted octanol–water partition coefficient (Wildman–Crippen LogP) is 1.52. The first-order chi connectivity index (χ1) is 14.3. The largest absolute Gasteiger partial charge is 0.481 e. The van der Waals surface area contributed by atoms with Crippen molar-refractivity contribution in [1.82, 2.24) is 5.32 Å². The first kappa shape index (κ1) is 22.1. The van der Waals surface area contributed by atoms with E-state index in [1.807, 2.05) is 0 Å². The number of anilines is 1. The van der Waals surface area contributed by atoms with Crippen LogP contribution in [-0.2, 0) is 14.4 Å². The standard InChI is InChI=1S/C20H18N2O8/c23-16(9-10-17(24)25)22-13-7-5-12(6-8-13)20(29)30-15-4-2-1-3-14(15)19(28)21-11-18(26)27/h1-8H,9-11H2,(H,21,28)(H,22,23)(H,24,25)(H,26,27). The summed E-state index contributed by atoms with van der Waals surface area (Å²) in [5, 5.41) is 21.9. The highest BCUT2D eigenvalue weighted by atomic mass is 16.5. The van der Waals surface area contributed by atoms with Gasteiger partial charge in [-0.3, -0.25) is 19.2 Å². The van der Waals surface area contributed by atoms with Crippen molar-refractivity contribution in [2.45, 2.75) is 12.8 Å². The maximum Gasteiger partial charge on any atom is 0.343 e. The van der Waals surface area contributed by atoms with Crippen LogP contribution < -0.4 is 15.4 Å². The molecule has 0 saturated carbocycles. The van der Waals surface area contributed by atoms with Crippen molar-refractivity contribution >= 4 is 35.4 Å². The number of aliphatic carboxylic acids is 2. The van der Waals surface area contributed by atoms with E-state index in [0.717, 1.165) is 0 Å². The molecule has 2 aromatic carbocycles. The van der Waals surface area contributed by atoms with Crippen molar-refractivity contribution in [2.24, 2.45) is 0 Å². The fourth-order valence-corrected chi connectivity index (χ4v) is 2.29. The monoisotopic (exact) mass is 414 g/mol. The van der Waals surface area contributed by atoms with Gasteiger partial charge in [0.05, 0.1) is 17.5 Å². The van der Waals surface area contributed by atoms with Crippen LogP contribution in [-0.4, -0.2) is 46.5 Å². The Bertz CT molecular complexity index is 969. The summed E-state index contributed by atoms with van der Waals surface area (Å²) in [6.45, 7) is -0.583. The van der Waals surface area contributed by atoms with Crippen molar-refractivity contribution in [3.63, 3.8) is 0 Å². The fraction of sp³-hybridized carbons (Fsp3) is 0.150. The number of benzene rings is 2. The van der Waals surface area contributed by atoms with Crippen LogP contribution >= 0.6 is 0 Å². The number of ether oxygens (including phenoxy) is 1. The third-order valence-electron chi connectivity index (χ3n) is 3.70. The number of esters is 1. The molecule has 0 heterocycles. The SMILES string of the molecule is O=C(O)CCC(=O)Nc1ccc(C(=O)Oc2ccccc2C(=O)NCC(=O)O)cc1. The molecule has 0 atom stereocenters. The summed E-state index contributed by atoms with van der Waals surface area (Å²) in [5.74, 6) is -4.30. The van der Waals surface area contributed by atoms with Gasteiger partial charge in [0.1, 0.15) is 12.3 Å². The Labute approximate surface area is 170 Å². The molecular formula is C20H18N2O8. The van der Waals surface area contributed by atoms with E-state index >= 15 is 0 Å². The summed E-state index contributed by atoms with van der Waals surface area (Å²) in [4.78, 5) is 57.2. The molecule has 0 aliphatic carbocycles. The molecule has 0 radical (unpaired) electrons. The average molecular weight is 414 g/mol. The van der Waals surface area contributed by atoms with Gasteiger partial charge in [-0.1, -0.05) is 12.1 Å². The van der Waals surface area contributed by atoms with Crippen LogP contribution in [0.1, 0.15) is 33.6 Å². The van der Waals surface area contributed by atoms with Gasteiger partial charge in [-0.15, -0.1) is 0 Å². The zero-order valence-electron chi connectivity index (χ0n) is 15.6. The van der Waals surface area contributed by atoms with Gasteiger partial charge in [0.2, 0.25) is 5.91 Å². The van der Waals surface area contributed by atoms with Crippen LogP contribution in [0.2, 0.25) is 0 Å². The molecule has 10 heteroatoms. The molecule has 0 aromatic heterocycles. The summed E-state index contributed by atoms with van der Waals surface area (Å²) in [6.07, 6.45) is -0.477. The van der Waals surface area contributed by atoms with Crippen LogP contribution in [0.15, 0.2) is 48.5 Å². The second-order valence-electron chi connectivity index (χ2n) is 5.98. The quantitative estimate of drug-likeness (QED) is 0.355. The molecule has 0 aliphatic heterocycles. The summed E-state index contributed by atoms with van der Waals surface area (Å²) in [7, 11) is 0. The van der Waals surface area contributed by atoms with E-state index in [0.29, 0.717) is 5.69 Å².